The van der Waals surface area contributed by atoms with Crippen LogP contribution in [0.25, 0.3) is 16.7 Å². The third-order valence-corrected chi connectivity index (χ3v) is 6.04. The second kappa shape index (κ2) is 8.41. The SMILES string of the molecule is O=C(Cc1noc2ccccc12)N1CCC(Cc2n[nH]c(=O)n2-c2ccccc2F)CC1. The van der Waals surface area contributed by atoms with E-state index < -0.39 is 11.5 Å². The number of rotatable bonds is 5. The average Bonchev–Trinajstić information content (AvgIpc) is 3.38. The first-order chi connectivity index (χ1) is 15.6. The molecule has 32 heavy (non-hydrogen) atoms. The summed E-state index contributed by atoms with van der Waals surface area (Å²) in [7, 11) is 0. The van der Waals surface area contributed by atoms with Crippen molar-refractivity contribution in [1.29, 1.82) is 0 Å². The topological polar surface area (TPSA) is 97.0 Å². The molecule has 1 aliphatic rings. The molecule has 1 N–H and O–H groups in total. The van der Waals surface area contributed by atoms with Crippen LogP contribution in [0.1, 0.15) is 24.4 Å². The van der Waals surface area contributed by atoms with Crippen molar-refractivity contribution in [3.05, 3.63) is 76.4 Å². The first-order valence-corrected chi connectivity index (χ1v) is 10.6. The summed E-state index contributed by atoms with van der Waals surface area (Å²) in [6, 6.07) is 13.6. The van der Waals surface area contributed by atoms with Crippen molar-refractivity contribution in [3.63, 3.8) is 0 Å². The molecule has 1 fully saturated rings. The molecule has 0 radical (unpaired) electrons. The van der Waals surface area contributed by atoms with Crippen LogP contribution in [0, 0.1) is 11.7 Å². The van der Waals surface area contributed by atoms with Gasteiger partial charge >= 0.3 is 5.69 Å². The van der Waals surface area contributed by atoms with E-state index >= 15 is 0 Å². The molecule has 0 atom stereocenters. The van der Waals surface area contributed by atoms with Gasteiger partial charge in [-0.2, -0.15) is 5.10 Å². The van der Waals surface area contributed by atoms with E-state index in [0.717, 1.165) is 18.2 Å². The van der Waals surface area contributed by atoms with Crippen molar-refractivity contribution < 1.29 is 13.7 Å². The maximum Gasteiger partial charge on any atom is 0.348 e. The number of piperidine rings is 1. The van der Waals surface area contributed by atoms with Crippen LogP contribution in [0.3, 0.4) is 0 Å². The largest absolute Gasteiger partial charge is 0.356 e. The van der Waals surface area contributed by atoms with Crippen LogP contribution < -0.4 is 5.69 Å². The van der Waals surface area contributed by atoms with E-state index in [1.165, 1.54) is 10.6 Å². The molecule has 2 aromatic carbocycles. The minimum Gasteiger partial charge on any atom is -0.356 e. The minimum absolute atomic E-state index is 0.0190. The molecule has 164 valence electrons. The summed E-state index contributed by atoms with van der Waals surface area (Å²) in [5.41, 5.74) is 1.05. The van der Waals surface area contributed by atoms with Gasteiger partial charge in [-0.05, 0) is 43.0 Å². The molecule has 0 aliphatic carbocycles. The Balaban J connectivity index is 1.23. The molecule has 2 aromatic heterocycles. The number of fused-ring (bicyclic) bond motifs is 1. The molecule has 3 heterocycles. The Hall–Kier alpha value is -3.75. The molecule has 1 aliphatic heterocycles. The molecule has 1 saturated heterocycles. The summed E-state index contributed by atoms with van der Waals surface area (Å²) in [6.45, 7) is 1.24. The molecule has 0 spiro atoms. The molecule has 0 saturated carbocycles. The van der Waals surface area contributed by atoms with Crippen LogP contribution in [-0.2, 0) is 17.6 Å². The van der Waals surface area contributed by atoms with Gasteiger partial charge in [-0.25, -0.2) is 18.9 Å². The summed E-state index contributed by atoms with van der Waals surface area (Å²) >= 11 is 0. The zero-order valence-corrected chi connectivity index (χ0v) is 17.3. The molecule has 5 rings (SSSR count). The second-order valence-electron chi connectivity index (χ2n) is 8.06. The van der Waals surface area contributed by atoms with Gasteiger partial charge in [0.25, 0.3) is 0 Å². The van der Waals surface area contributed by atoms with Crippen LogP contribution in [0.2, 0.25) is 0 Å². The van der Waals surface area contributed by atoms with Crippen molar-refractivity contribution in [2.45, 2.75) is 25.7 Å². The Labute approximate surface area is 182 Å². The third kappa shape index (κ3) is 3.81. The van der Waals surface area contributed by atoms with Crippen LogP contribution in [0.4, 0.5) is 4.39 Å². The number of halogens is 1. The first-order valence-electron chi connectivity index (χ1n) is 10.6. The van der Waals surface area contributed by atoms with Crippen molar-refractivity contribution in [2.75, 3.05) is 13.1 Å². The average molecular weight is 435 g/mol. The number of carbonyl (C=O) groups excluding carboxylic acids is 1. The van der Waals surface area contributed by atoms with Crippen LogP contribution in [0.5, 0.6) is 0 Å². The van der Waals surface area contributed by atoms with E-state index in [4.69, 9.17) is 4.52 Å². The van der Waals surface area contributed by atoms with Gasteiger partial charge in [0.05, 0.1) is 12.1 Å². The zero-order valence-electron chi connectivity index (χ0n) is 17.3. The Morgan fingerprint density at radius 1 is 1.12 bits per heavy atom. The lowest BCUT2D eigenvalue weighted by Gasteiger charge is -2.31. The van der Waals surface area contributed by atoms with E-state index in [1.54, 1.807) is 18.2 Å². The van der Waals surface area contributed by atoms with Gasteiger partial charge in [0, 0.05) is 24.9 Å². The number of amides is 1. The number of likely N-dealkylation sites (tertiary alicyclic amines) is 1. The molecule has 0 bridgehead atoms. The molecular formula is C23H22FN5O3. The van der Waals surface area contributed by atoms with Crippen molar-refractivity contribution in [1.82, 2.24) is 24.8 Å². The standard InChI is InChI=1S/C23H22FN5O3/c24-17-6-2-3-7-19(17)29-21(25-26-23(29)31)13-15-9-11-28(12-10-15)22(30)14-18-16-5-1-4-8-20(16)32-27-18/h1-8,15H,9-14H2,(H,26,31). The van der Waals surface area contributed by atoms with Gasteiger partial charge in [0.1, 0.15) is 17.3 Å². The summed E-state index contributed by atoms with van der Waals surface area (Å²) in [5.74, 6) is 0.287. The summed E-state index contributed by atoms with van der Waals surface area (Å²) in [6.07, 6.45) is 2.30. The van der Waals surface area contributed by atoms with E-state index in [1.807, 2.05) is 29.2 Å². The molecule has 8 nitrogen and oxygen atoms in total. The number of para-hydroxylation sites is 2. The van der Waals surface area contributed by atoms with Crippen LogP contribution in [0.15, 0.2) is 57.8 Å². The number of nitrogens with one attached hydrogen (secondary N) is 1. The Morgan fingerprint density at radius 2 is 1.88 bits per heavy atom. The molecular weight excluding hydrogens is 413 g/mol. The highest BCUT2D eigenvalue weighted by Crippen LogP contribution is 2.24. The number of aromatic amines is 1. The second-order valence-corrected chi connectivity index (χ2v) is 8.06. The number of nitrogens with zero attached hydrogens (tertiary/aromatic N) is 4. The lowest BCUT2D eigenvalue weighted by atomic mass is 9.93. The maximum absolute atomic E-state index is 14.2. The normalized spacial score (nSPS) is 14.8. The fourth-order valence-corrected chi connectivity index (χ4v) is 4.31. The third-order valence-electron chi connectivity index (χ3n) is 6.04. The lowest BCUT2D eigenvalue weighted by Crippen LogP contribution is -2.40. The fourth-order valence-electron chi connectivity index (χ4n) is 4.31. The van der Waals surface area contributed by atoms with Gasteiger partial charge in [0.2, 0.25) is 5.91 Å². The minimum atomic E-state index is -0.474. The van der Waals surface area contributed by atoms with Crippen LogP contribution in [-0.4, -0.2) is 43.8 Å². The van der Waals surface area contributed by atoms with Crippen molar-refractivity contribution in [2.24, 2.45) is 5.92 Å². The van der Waals surface area contributed by atoms with Crippen LogP contribution >= 0.6 is 0 Å². The first kappa shape index (κ1) is 20.2. The van der Waals surface area contributed by atoms with Gasteiger partial charge in [-0.15, -0.1) is 0 Å². The van der Waals surface area contributed by atoms with Gasteiger partial charge in [-0.3, -0.25) is 4.79 Å². The number of benzene rings is 2. The number of H-pyrrole nitrogens is 1. The van der Waals surface area contributed by atoms with Gasteiger partial charge < -0.3 is 9.42 Å². The van der Waals surface area contributed by atoms with E-state index in [-0.39, 0.29) is 23.9 Å². The van der Waals surface area contributed by atoms with Gasteiger partial charge in [-0.1, -0.05) is 29.4 Å². The van der Waals surface area contributed by atoms with Crippen molar-refractivity contribution in [3.8, 4) is 5.69 Å². The maximum atomic E-state index is 14.2. The zero-order chi connectivity index (χ0) is 22.1. The summed E-state index contributed by atoms with van der Waals surface area (Å²) in [4.78, 5) is 26.9. The quantitative estimate of drug-likeness (QED) is 0.520. The van der Waals surface area contributed by atoms with Gasteiger partial charge in [0.15, 0.2) is 5.58 Å². The highest BCUT2D eigenvalue weighted by Gasteiger charge is 2.26. The predicted molar refractivity (Wildman–Crippen MR) is 115 cm³/mol. The monoisotopic (exact) mass is 435 g/mol. The highest BCUT2D eigenvalue weighted by molar-refractivity contribution is 5.86. The molecule has 9 heteroatoms. The molecule has 4 aromatic rings. The highest BCUT2D eigenvalue weighted by atomic mass is 19.1. The van der Waals surface area contributed by atoms with E-state index in [9.17, 15) is 14.0 Å². The smallest absolute Gasteiger partial charge is 0.348 e. The molecule has 0 unspecified atom stereocenters. The lowest BCUT2D eigenvalue weighted by molar-refractivity contribution is -0.131. The number of hydrogen-bond donors (Lipinski definition) is 1. The number of aromatic nitrogens is 4. The number of hydrogen-bond acceptors (Lipinski definition) is 5. The summed E-state index contributed by atoms with van der Waals surface area (Å²) < 4.78 is 20.8. The van der Waals surface area contributed by atoms with E-state index in [0.29, 0.717) is 36.6 Å². The molecule has 1 amide bonds. The Bertz CT molecular complexity index is 1320. The predicted octanol–water partition coefficient (Wildman–Crippen LogP) is 2.86. The number of carbonyl (C=O) groups is 1. The Kier molecular flexibility index (Phi) is 5.30. The Morgan fingerprint density at radius 3 is 2.69 bits per heavy atom. The van der Waals surface area contributed by atoms with Crippen molar-refractivity contribution >= 4 is 16.9 Å². The summed E-state index contributed by atoms with van der Waals surface area (Å²) in [5, 5.41) is 11.5. The van der Waals surface area contributed by atoms with E-state index in [2.05, 4.69) is 15.4 Å². The fraction of sp³-hybridized carbons (Fsp3) is 0.304.